The maximum absolute atomic E-state index is 13.1. The highest BCUT2D eigenvalue weighted by molar-refractivity contribution is 7.99. The lowest BCUT2D eigenvalue weighted by Gasteiger charge is -2.15. The predicted octanol–water partition coefficient (Wildman–Crippen LogP) is 3.02. The average Bonchev–Trinajstić information content (AvgIpc) is 3.46. The monoisotopic (exact) mass is 487 g/mol. The number of carbonyl (C=O) groups excluding carboxylic acids is 1. The molecule has 1 aliphatic rings. The Morgan fingerprint density at radius 3 is 2.85 bits per heavy atom. The maximum Gasteiger partial charge on any atom is 0.274 e. The van der Waals surface area contributed by atoms with Crippen molar-refractivity contribution in [3.05, 3.63) is 46.8 Å². The number of fused-ring (bicyclic) bond motifs is 2. The normalized spacial score (nSPS) is 12.2. The first-order valence-corrected chi connectivity index (χ1v) is 12.4. The number of thioether (sulfide) groups is 1. The zero-order chi connectivity index (χ0) is 23.4. The van der Waals surface area contributed by atoms with Crippen LogP contribution >= 0.6 is 23.1 Å². The Hall–Kier alpha value is -3.05. The fraction of sp³-hybridized carbons (Fsp3) is 0.364. The summed E-state index contributed by atoms with van der Waals surface area (Å²) >= 11 is 2.55. The number of nitrogens with one attached hydrogen (secondary N) is 1. The van der Waals surface area contributed by atoms with Crippen molar-refractivity contribution in [1.29, 1.82) is 0 Å². The molecule has 0 bridgehead atoms. The van der Waals surface area contributed by atoms with E-state index < -0.39 is 0 Å². The van der Waals surface area contributed by atoms with Crippen LogP contribution in [-0.2, 0) is 17.9 Å². The number of carbonyl (C=O) groups is 1. The van der Waals surface area contributed by atoms with Crippen LogP contribution in [0.3, 0.4) is 0 Å². The van der Waals surface area contributed by atoms with Gasteiger partial charge in [-0.15, -0.1) is 6.58 Å². The molecule has 0 unspecified atom stereocenters. The molecule has 1 N–H and O–H groups in total. The molecule has 3 aromatic rings. The van der Waals surface area contributed by atoms with Crippen LogP contribution in [0.25, 0.3) is 10.3 Å². The third-order valence-corrected chi connectivity index (χ3v) is 7.14. The van der Waals surface area contributed by atoms with E-state index in [1.807, 2.05) is 32.0 Å². The first-order chi connectivity index (χ1) is 16.0. The summed E-state index contributed by atoms with van der Waals surface area (Å²) < 4.78 is 12.7. The minimum absolute atomic E-state index is 0.118. The van der Waals surface area contributed by atoms with Crippen LogP contribution in [0, 0.1) is 0 Å². The first-order valence-electron chi connectivity index (χ1n) is 10.6. The average molecular weight is 488 g/mol. The largest absolute Gasteiger partial charge is 0.454 e. The van der Waals surface area contributed by atoms with E-state index in [9.17, 15) is 9.59 Å². The molecule has 0 aliphatic carbocycles. The van der Waals surface area contributed by atoms with Crippen molar-refractivity contribution in [3.63, 3.8) is 0 Å². The Morgan fingerprint density at radius 1 is 1.30 bits per heavy atom. The second kappa shape index (κ2) is 10.3. The predicted molar refractivity (Wildman–Crippen MR) is 131 cm³/mol. The van der Waals surface area contributed by atoms with Gasteiger partial charge in [0, 0.05) is 26.2 Å². The van der Waals surface area contributed by atoms with E-state index in [0.29, 0.717) is 40.1 Å². The van der Waals surface area contributed by atoms with Gasteiger partial charge < -0.3 is 19.7 Å². The van der Waals surface area contributed by atoms with Crippen LogP contribution in [0.1, 0.15) is 19.4 Å². The molecule has 0 radical (unpaired) electrons. The van der Waals surface area contributed by atoms with Crippen molar-refractivity contribution in [2.24, 2.45) is 0 Å². The van der Waals surface area contributed by atoms with E-state index in [4.69, 9.17) is 9.47 Å². The molecule has 1 amide bonds. The van der Waals surface area contributed by atoms with Crippen LogP contribution in [-0.4, -0.2) is 46.1 Å². The number of hydrogen-bond donors (Lipinski definition) is 1. The number of amides is 1. The van der Waals surface area contributed by atoms with Gasteiger partial charge in [0.25, 0.3) is 5.56 Å². The van der Waals surface area contributed by atoms with E-state index in [1.54, 1.807) is 6.08 Å². The first kappa shape index (κ1) is 23.1. The van der Waals surface area contributed by atoms with Gasteiger partial charge in [-0.25, -0.2) is 4.98 Å². The molecule has 33 heavy (non-hydrogen) atoms. The van der Waals surface area contributed by atoms with Crippen LogP contribution in [0.2, 0.25) is 0 Å². The summed E-state index contributed by atoms with van der Waals surface area (Å²) in [7, 11) is 0. The van der Waals surface area contributed by atoms with Gasteiger partial charge >= 0.3 is 0 Å². The molecule has 1 aromatic carbocycles. The fourth-order valence-electron chi connectivity index (χ4n) is 3.34. The van der Waals surface area contributed by atoms with Crippen molar-refractivity contribution < 1.29 is 14.3 Å². The lowest BCUT2D eigenvalue weighted by atomic mass is 10.2. The van der Waals surface area contributed by atoms with Crippen LogP contribution < -0.4 is 25.2 Å². The molecule has 9 nitrogen and oxygen atoms in total. The van der Waals surface area contributed by atoms with Gasteiger partial charge in [-0.2, -0.15) is 4.98 Å². The van der Waals surface area contributed by atoms with Crippen molar-refractivity contribution in [2.45, 2.75) is 32.1 Å². The van der Waals surface area contributed by atoms with Crippen molar-refractivity contribution in [1.82, 2.24) is 19.9 Å². The zero-order valence-corrected chi connectivity index (χ0v) is 20.1. The minimum atomic E-state index is -0.168. The highest BCUT2D eigenvalue weighted by Gasteiger charge is 2.18. The molecule has 174 valence electrons. The number of benzene rings is 1. The quantitative estimate of drug-likeness (QED) is 0.265. The van der Waals surface area contributed by atoms with Gasteiger partial charge in [0.15, 0.2) is 27.4 Å². The number of hydrogen-bond acceptors (Lipinski definition) is 9. The lowest BCUT2D eigenvalue weighted by Crippen LogP contribution is -2.26. The van der Waals surface area contributed by atoms with Crippen LogP contribution in [0.5, 0.6) is 11.5 Å². The number of thiazole rings is 1. The minimum Gasteiger partial charge on any atom is -0.454 e. The number of ether oxygens (including phenoxy) is 2. The maximum atomic E-state index is 13.1. The molecule has 4 rings (SSSR count). The third-order valence-electron chi connectivity index (χ3n) is 5.07. The van der Waals surface area contributed by atoms with Gasteiger partial charge in [0.1, 0.15) is 4.70 Å². The van der Waals surface area contributed by atoms with Gasteiger partial charge in [0.05, 0.1) is 5.75 Å². The Kier molecular flexibility index (Phi) is 7.19. The summed E-state index contributed by atoms with van der Waals surface area (Å²) in [6.45, 7) is 10.3. The standard InChI is InChI=1S/C22H25N5O4S2/c1-4-9-27-20(29)18-19(24-21(33-18)26(5-2)6-3)25-22(27)32-12-17(28)23-11-14-7-8-15-16(10-14)31-13-30-15/h4,7-8,10H,1,5-6,9,11-13H2,2-3H3,(H,23,28). The molecule has 0 atom stereocenters. The van der Waals surface area contributed by atoms with Crippen molar-refractivity contribution >= 4 is 44.5 Å². The van der Waals surface area contributed by atoms with E-state index in [-0.39, 0.29) is 24.0 Å². The number of allylic oxidation sites excluding steroid dienone is 1. The van der Waals surface area contributed by atoms with Gasteiger partial charge in [-0.05, 0) is 31.5 Å². The van der Waals surface area contributed by atoms with E-state index in [1.165, 1.54) is 27.7 Å². The van der Waals surface area contributed by atoms with Gasteiger partial charge in [-0.1, -0.05) is 35.2 Å². The summed E-state index contributed by atoms with van der Waals surface area (Å²) in [6.07, 6.45) is 1.64. The molecule has 2 aromatic heterocycles. The second-order valence-corrected chi connectivity index (χ2v) is 9.09. The third kappa shape index (κ3) is 4.98. The summed E-state index contributed by atoms with van der Waals surface area (Å²) in [5, 5.41) is 4.10. The number of aromatic nitrogens is 3. The van der Waals surface area contributed by atoms with Gasteiger partial charge in [0.2, 0.25) is 12.7 Å². The summed E-state index contributed by atoms with van der Waals surface area (Å²) in [6, 6.07) is 5.56. The molecule has 0 saturated carbocycles. The summed E-state index contributed by atoms with van der Waals surface area (Å²) in [5.74, 6) is 1.33. The molecule has 0 saturated heterocycles. The van der Waals surface area contributed by atoms with Crippen LogP contribution in [0.4, 0.5) is 5.13 Å². The van der Waals surface area contributed by atoms with Gasteiger partial charge in [-0.3, -0.25) is 14.2 Å². The van der Waals surface area contributed by atoms with Crippen LogP contribution in [0.15, 0.2) is 40.8 Å². The Bertz CT molecular complexity index is 1240. The topological polar surface area (TPSA) is 98.6 Å². The highest BCUT2D eigenvalue weighted by Crippen LogP contribution is 2.32. The number of rotatable bonds is 10. The number of nitrogens with zero attached hydrogens (tertiary/aromatic N) is 4. The molecular weight excluding hydrogens is 462 g/mol. The summed E-state index contributed by atoms with van der Waals surface area (Å²) in [4.78, 5) is 36.8. The van der Waals surface area contributed by atoms with E-state index >= 15 is 0 Å². The second-order valence-electron chi connectivity index (χ2n) is 7.17. The molecule has 0 fully saturated rings. The molecule has 3 heterocycles. The fourth-order valence-corrected chi connectivity index (χ4v) is 5.25. The smallest absolute Gasteiger partial charge is 0.274 e. The number of anilines is 1. The SMILES string of the molecule is C=CCn1c(SCC(=O)NCc2ccc3c(c2)OCO3)nc2nc(N(CC)CC)sc2c1=O. The van der Waals surface area contributed by atoms with Crippen molar-refractivity contribution in [2.75, 3.05) is 30.5 Å². The highest BCUT2D eigenvalue weighted by atomic mass is 32.2. The Balaban J connectivity index is 1.47. The van der Waals surface area contributed by atoms with Crippen molar-refractivity contribution in [3.8, 4) is 11.5 Å². The van der Waals surface area contributed by atoms with E-state index in [0.717, 1.165) is 23.8 Å². The summed E-state index contributed by atoms with van der Waals surface area (Å²) in [5.41, 5.74) is 1.15. The molecular formula is C22H25N5O4S2. The Labute approximate surface area is 199 Å². The Morgan fingerprint density at radius 2 is 2.09 bits per heavy atom. The molecule has 0 spiro atoms. The molecule has 11 heteroatoms. The molecule has 1 aliphatic heterocycles. The lowest BCUT2D eigenvalue weighted by molar-refractivity contribution is -0.118. The van der Waals surface area contributed by atoms with E-state index in [2.05, 4.69) is 26.8 Å². The zero-order valence-electron chi connectivity index (χ0n) is 18.5.